The van der Waals surface area contributed by atoms with Gasteiger partial charge in [-0.05, 0) is 19.1 Å². The Bertz CT molecular complexity index is 893. The molecule has 0 bridgehead atoms. The molecule has 1 aliphatic heterocycles. The first-order valence-corrected chi connectivity index (χ1v) is 6.30. The zero-order valence-electron chi connectivity index (χ0n) is 11.4. The smallest absolute Gasteiger partial charge is 0.351 e. The zero-order valence-corrected chi connectivity index (χ0v) is 11.4. The predicted octanol–water partition coefficient (Wildman–Crippen LogP) is 2.47. The summed E-state index contributed by atoms with van der Waals surface area (Å²) >= 11 is 0. The van der Waals surface area contributed by atoms with Gasteiger partial charge >= 0.3 is 5.63 Å². The minimum Gasteiger partial charge on any atom is -0.452 e. The van der Waals surface area contributed by atoms with Crippen molar-refractivity contribution in [2.75, 3.05) is 0 Å². The predicted molar refractivity (Wildman–Crippen MR) is 75.7 cm³/mol. The molecule has 0 spiro atoms. The van der Waals surface area contributed by atoms with Crippen molar-refractivity contribution in [1.29, 1.82) is 0 Å². The number of nitrogens with zero attached hydrogens (tertiary/aromatic N) is 1. The van der Waals surface area contributed by atoms with Crippen LogP contribution in [0.1, 0.15) is 21.7 Å². The molecule has 0 saturated heterocycles. The van der Waals surface area contributed by atoms with Crippen molar-refractivity contribution in [3.63, 3.8) is 0 Å². The molecule has 3 rings (SSSR count). The van der Waals surface area contributed by atoms with E-state index < -0.39 is 16.3 Å². The number of carbonyl (C=O) groups excluding carboxylic acids is 1. The first-order chi connectivity index (χ1) is 10.5. The number of Topliss-reactive ketones (excluding diaryl/α,β-unsaturated/α-hetero) is 1. The minimum absolute atomic E-state index is 0.101. The van der Waals surface area contributed by atoms with E-state index in [0.717, 1.165) is 0 Å². The number of fused-ring (bicyclic) bond motifs is 1. The van der Waals surface area contributed by atoms with E-state index in [1.807, 2.05) is 0 Å². The Morgan fingerprint density at radius 2 is 1.95 bits per heavy atom. The Labute approximate surface area is 123 Å². The second-order valence-electron chi connectivity index (χ2n) is 4.64. The van der Waals surface area contributed by atoms with Gasteiger partial charge in [-0.1, -0.05) is 12.1 Å². The van der Waals surface area contributed by atoms with Gasteiger partial charge in [-0.2, -0.15) is 0 Å². The van der Waals surface area contributed by atoms with Crippen LogP contribution in [0.25, 0.3) is 6.08 Å². The van der Waals surface area contributed by atoms with E-state index in [-0.39, 0.29) is 28.3 Å². The van der Waals surface area contributed by atoms with Crippen molar-refractivity contribution in [3.05, 3.63) is 73.5 Å². The molecule has 0 unspecified atom stereocenters. The Balaban J connectivity index is 2.10. The average molecular weight is 299 g/mol. The molecule has 1 aromatic heterocycles. The quantitative estimate of drug-likeness (QED) is 0.480. The molecule has 0 saturated carbocycles. The highest BCUT2D eigenvalue weighted by molar-refractivity contribution is 6.14. The maximum atomic E-state index is 12.2. The first kappa shape index (κ1) is 13.7. The number of para-hydroxylation sites is 1. The van der Waals surface area contributed by atoms with Crippen LogP contribution in [0, 0.1) is 17.0 Å². The molecule has 0 amide bonds. The molecule has 0 aliphatic carbocycles. The Hall–Kier alpha value is -3.22. The van der Waals surface area contributed by atoms with Gasteiger partial charge in [0.1, 0.15) is 11.5 Å². The van der Waals surface area contributed by atoms with Gasteiger partial charge in [-0.15, -0.1) is 0 Å². The number of ketones is 1. The SMILES string of the molecule is Cc1cc2c(c(=O)o1)C(=O)/C(=C\c1ccccc1[N+](=O)[O-])O2. The van der Waals surface area contributed by atoms with Crippen molar-refractivity contribution >= 4 is 17.5 Å². The fraction of sp³-hybridized carbons (Fsp3) is 0.0667. The average Bonchev–Trinajstić information content (AvgIpc) is 2.75. The van der Waals surface area contributed by atoms with E-state index in [9.17, 15) is 19.7 Å². The minimum atomic E-state index is -0.786. The molecule has 22 heavy (non-hydrogen) atoms. The van der Waals surface area contributed by atoms with Gasteiger partial charge in [0.15, 0.2) is 11.3 Å². The Morgan fingerprint density at radius 3 is 2.68 bits per heavy atom. The van der Waals surface area contributed by atoms with Gasteiger partial charge in [0, 0.05) is 12.1 Å². The number of nitro benzene ring substituents is 1. The number of ether oxygens (including phenoxy) is 1. The molecule has 0 N–H and O–H groups in total. The topological polar surface area (TPSA) is 99.7 Å². The highest BCUT2D eigenvalue weighted by Crippen LogP contribution is 2.31. The monoisotopic (exact) mass is 299 g/mol. The number of hydrogen-bond donors (Lipinski definition) is 0. The van der Waals surface area contributed by atoms with Gasteiger partial charge in [-0.3, -0.25) is 14.9 Å². The summed E-state index contributed by atoms with van der Waals surface area (Å²) in [6, 6.07) is 7.35. The second kappa shape index (κ2) is 4.96. The highest BCUT2D eigenvalue weighted by atomic mass is 16.6. The molecule has 110 valence electrons. The summed E-state index contributed by atoms with van der Waals surface area (Å²) in [5.74, 6) is -0.392. The lowest BCUT2D eigenvalue weighted by molar-refractivity contribution is -0.385. The summed E-state index contributed by atoms with van der Waals surface area (Å²) in [5, 5.41) is 11.0. The van der Waals surface area contributed by atoms with E-state index in [4.69, 9.17) is 9.15 Å². The first-order valence-electron chi connectivity index (χ1n) is 6.30. The molecule has 1 aromatic carbocycles. The number of carbonyl (C=O) groups is 1. The van der Waals surface area contributed by atoms with Crippen molar-refractivity contribution < 1.29 is 18.9 Å². The third kappa shape index (κ3) is 2.18. The number of nitro groups is 1. The third-order valence-electron chi connectivity index (χ3n) is 3.13. The van der Waals surface area contributed by atoms with Crippen LogP contribution in [-0.2, 0) is 0 Å². The lowest BCUT2D eigenvalue weighted by atomic mass is 10.1. The molecular weight excluding hydrogens is 290 g/mol. The van der Waals surface area contributed by atoms with Crippen LogP contribution in [0.15, 0.2) is 45.3 Å². The van der Waals surface area contributed by atoms with Crippen LogP contribution < -0.4 is 10.4 Å². The summed E-state index contributed by atoms with van der Waals surface area (Å²) in [4.78, 5) is 34.3. The summed E-state index contributed by atoms with van der Waals surface area (Å²) in [5.41, 5.74) is -0.934. The van der Waals surface area contributed by atoms with E-state index in [1.54, 1.807) is 13.0 Å². The number of rotatable bonds is 2. The van der Waals surface area contributed by atoms with Crippen LogP contribution in [-0.4, -0.2) is 10.7 Å². The van der Waals surface area contributed by atoms with E-state index in [1.165, 1.54) is 30.3 Å². The van der Waals surface area contributed by atoms with Gasteiger partial charge < -0.3 is 9.15 Å². The van der Waals surface area contributed by atoms with Crippen molar-refractivity contribution in [2.45, 2.75) is 6.92 Å². The van der Waals surface area contributed by atoms with E-state index in [2.05, 4.69) is 0 Å². The van der Waals surface area contributed by atoms with Crippen LogP contribution in [0.4, 0.5) is 5.69 Å². The number of aryl methyl sites for hydroxylation is 1. The third-order valence-corrected chi connectivity index (χ3v) is 3.13. The highest BCUT2D eigenvalue weighted by Gasteiger charge is 2.32. The zero-order chi connectivity index (χ0) is 15.9. The summed E-state index contributed by atoms with van der Waals surface area (Å²) < 4.78 is 10.2. The van der Waals surface area contributed by atoms with Crippen LogP contribution in [0.5, 0.6) is 5.75 Å². The van der Waals surface area contributed by atoms with Crippen LogP contribution in [0.2, 0.25) is 0 Å². The fourth-order valence-electron chi connectivity index (χ4n) is 2.17. The Kier molecular flexibility index (Phi) is 3.10. The lowest BCUT2D eigenvalue weighted by Gasteiger charge is -2.00. The van der Waals surface area contributed by atoms with E-state index in [0.29, 0.717) is 5.76 Å². The lowest BCUT2D eigenvalue weighted by Crippen LogP contribution is -2.10. The molecule has 7 heteroatoms. The molecule has 2 heterocycles. The molecule has 2 aromatic rings. The number of hydrogen-bond acceptors (Lipinski definition) is 6. The van der Waals surface area contributed by atoms with Crippen LogP contribution >= 0.6 is 0 Å². The molecule has 7 nitrogen and oxygen atoms in total. The summed E-state index contributed by atoms with van der Waals surface area (Å²) in [7, 11) is 0. The largest absolute Gasteiger partial charge is 0.452 e. The van der Waals surface area contributed by atoms with E-state index >= 15 is 0 Å². The standard InChI is InChI=1S/C15H9NO6/c1-8-6-11-13(15(18)21-8)14(17)12(22-11)7-9-4-2-3-5-10(9)16(19)20/h2-7H,1H3/b12-7+. The number of benzene rings is 1. The van der Waals surface area contributed by atoms with Gasteiger partial charge in [0.25, 0.3) is 5.69 Å². The summed E-state index contributed by atoms with van der Waals surface area (Å²) in [6.07, 6.45) is 1.25. The van der Waals surface area contributed by atoms with Crippen molar-refractivity contribution in [1.82, 2.24) is 0 Å². The fourth-order valence-corrected chi connectivity index (χ4v) is 2.17. The molecular formula is C15H9NO6. The normalized spacial score (nSPS) is 14.8. The molecule has 0 radical (unpaired) electrons. The Morgan fingerprint density at radius 1 is 1.23 bits per heavy atom. The van der Waals surface area contributed by atoms with Crippen LogP contribution in [0.3, 0.4) is 0 Å². The maximum Gasteiger partial charge on any atom is 0.351 e. The molecule has 0 atom stereocenters. The van der Waals surface area contributed by atoms with Gasteiger partial charge in [0.05, 0.1) is 10.5 Å². The maximum absolute atomic E-state index is 12.2. The van der Waals surface area contributed by atoms with Gasteiger partial charge in [-0.25, -0.2) is 4.79 Å². The molecule has 0 fully saturated rings. The number of allylic oxidation sites excluding steroid dienone is 1. The van der Waals surface area contributed by atoms with Crippen molar-refractivity contribution in [3.8, 4) is 5.75 Å². The second-order valence-corrected chi connectivity index (χ2v) is 4.64. The molecule has 1 aliphatic rings. The summed E-state index contributed by atoms with van der Waals surface area (Å²) in [6.45, 7) is 1.55. The van der Waals surface area contributed by atoms with Crippen molar-refractivity contribution in [2.24, 2.45) is 0 Å². The van der Waals surface area contributed by atoms with Gasteiger partial charge in [0.2, 0.25) is 5.78 Å².